The van der Waals surface area contributed by atoms with Gasteiger partial charge in [-0.25, -0.2) is 0 Å². The molecular weight excluding hydrogens is 1110 g/mol. The molecule has 474 valence electrons. The van der Waals surface area contributed by atoms with Crippen molar-refractivity contribution in [1.29, 1.82) is 0 Å². The Bertz CT molecular complexity index is 1820. The maximum atomic E-state index is 11.8. The lowest BCUT2D eigenvalue weighted by molar-refractivity contribution is -0.162. The van der Waals surface area contributed by atoms with Gasteiger partial charge < -0.3 is 47.1 Å². The van der Waals surface area contributed by atoms with Crippen molar-refractivity contribution >= 4 is 93.9 Å². The van der Waals surface area contributed by atoms with E-state index in [4.69, 9.17) is 33.5 Å². The third-order valence-corrected chi connectivity index (χ3v) is 13.0. The summed E-state index contributed by atoms with van der Waals surface area (Å²) in [5.74, 6) is -6.41. The van der Waals surface area contributed by atoms with Crippen LogP contribution in [0.15, 0.2) is 0 Å². The fraction of sp³-hybridized carbons (Fsp3) is 0.807. The van der Waals surface area contributed by atoms with E-state index in [1.165, 1.54) is 0 Å². The van der Waals surface area contributed by atoms with Gasteiger partial charge in [0.2, 0.25) is 0 Å². The number of ether oxygens (including phenoxy) is 6. The Morgan fingerprint density at radius 3 is 0.963 bits per heavy atom. The lowest BCUT2D eigenvalue weighted by Crippen LogP contribution is -2.29. The summed E-state index contributed by atoms with van der Waals surface area (Å²) in [5.41, 5.74) is -2.11. The molecule has 81 heavy (non-hydrogen) atoms. The summed E-state index contributed by atoms with van der Waals surface area (Å²) in [6.45, 7) is 27.1. The van der Waals surface area contributed by atoms with Gasteiger partial charge in [-0.2, -0.15) is 0 Å². The SMILES string of the molecule is C.CC(C)(CCCCC(C(=O)OP)C(=O)OP)C(=O)OP.CCOC(=O)C(C)(C)CCCCCC(=O)O.CCOC(=O)C(CCCCC(C)(C)C(=O)OCC)C(=O)OCC.CCOC(=O)CC(=O)CCCCCC(C)(C)C(=O)OCC. The summed E-state index contributed by atoms with van der Waals surface area (Å²) < 4.78 is 43.2. The Hall–Kier alpha value is -4.34. The maximum Gasteiger partial charge on any atom is 0.322 e. The first kappa shape index (κ1) is 85.5. The van der Waals surface area contributed by atoms with E-state index < -0.39 is 69.3 Å². The van der Waals surface area contributed by atoms with E-state index in [1.54, 1.807) is 55.4 Å². The number of carbonyl (C=O) groups is 11. The van der Waals surface area contributed by atoms with E-state index in [-0.39, 0.29) is 63.1 Å². The van der Waals surface area contributed by atoms with Gasteiger partial charge in [0.25, 0.3) is 0 Å². The Morgan fingerprint density at radius 2 is 0.667 bits per heavy atom. The summed E-state index contributed by atoms with van der Waals surface area (Å²) in [6, 6.07) is 0. The van der Waals surface area contributed by atoms with Crippen molar-refractivity contribution in [1.82, 2.24) is 0 Å². The van der Waals surface area contributed by atoms with Gasteiger partial charge in [-0.3, -0.25) is 52.7 Å². The molecule has 0 amide bonds. The van der Waals surface area contributed by atoms with Crippen molar-refractivity contribution in [3.8, 4) is 0 Å². The van der Waals surface area contributed by atoms with Crippen LogP contribution in [0.2, 0.25) is 0 Å². The quantitative estimate of drug-likeness (QED) is 0.0197. The van der Waals surface area contributed by atoms with Gasteiger partial charge in [0.1, 0.15) is 12.2 Å². The molecule has 0 saturated carbocycles. The minimum Gasteiger partial charge on any atom is -0.481 e. The monoisotopic (exact) mass is 1220 g/mol. The Kier molecular flexibility index (Phi) is 51.8. The zero-order chi connectivity index (χ0) is 62.5. The van der Waals surface area contributed by atoms with Crippen LogP contribution in [0.4, 0.5) is 0 Å². The number of Topliss-reactive ketones (excluding diaryl/α,β-unsaturated/α-hetero) is 1. The number of hydrogen-bond acceptors (Lipinski definition) is 20. The van der Waals surface area contributed by atoms with Crippen LogP contribution in [0.3, 0.4) is 0 Å². The first-order valence-electron chi connectivity index (χ1n) is 27.8. The smallest absolute Gasteiger partial charge is 0.322 e. The molecule has 24 heteroatoms. The molecule has 0 aliphatic rings. The van der Waals surface area contributed by atoms with Gasteiger partial charge >= 0.3 is 59.7 Å². The van der Waals surface area contributed by atoms with Gasteiger partial charge in [0.05, 0.1) is 89.7 Å². The summed E-state index contributed by atoms with van der Waals surface area (Å²) >= 11 is 0. The number of rotatable bonds is 38. The summed E-state index contributed by atoms with van der Waals surface area (Å²) in [4.78, 5) is 126. The van der Waals surface area contributed by atoms with Gasteiger partial charge in [-0.05, 0) is 148 Å². The molecule has 0 spiro atoms. The van der Waals surface area contributed by atoms with Gasteiger partial charge in [0, 0.05) is 12.8 Å². The van der Waals surface area contributed by atoms with Crippen LogP contribution < -0.4 is 0 Å². The van der Waals surface area contributed by atoms with Gasteiger partial charge in [0.15, 0.2) is 11.8 Å². The third-order valence-electron chi connectivity index (χ3n) is 12.3. The molecule has 3 atom stereocenters. The normalized spacial score (nSPS) is 11.0. The predicted molar refractivity (Wildman–Crippen MR) is 316 cm³/mol. The van der Waals surface area contributed by atoms with Crippen LogP contribution in [-0.2, 0) is 94.7 Å². The fourth-order valence-corrected chi connectivity index (χ4v) is 7.89. The molecule has 0 aliphatic heterocycles. The highest BCUT2D eigenvalue weighted by Crippen LogP contribution is 2.30. The van der Waals surface area contributed by atoms with Gasteiger partial charge in [-0.15, -0.1) is 0 Å². The number of carbonyl (C=O) groups excluding carboxylic acids is 10. The number of hydrogen-bond donors (Lipinski definition) is 1. The molecule has 3 unspecified atom stereocenters. The Labute approximate surface area is 491 Å². The topological polar surface area (TPSA) is 291 Å². The summed E-state index contributed by atoms with van der Waals surface area (Å²) in [7, 11) is 5.57. The highest BCUT2D eigenvalue weighted by molar-refractivity contribution is 7.11. The average molecular weight is 1220 g/mol. The van der Waals surface area contributed by atoms with E-state index >= 15 is 0 Å². The van der Waals surface area contributed by atoms with Crippen LogP contribution in [0, 0.1) is 33.5 Å². The highest BCUT2D eigenvalue weighted by atomic mass is 31.0. The predicted octanol–water partition coefficient (Wildman–Crippen LogP) is 11.4. The molecule has 0 saturated heterocycles. The van der Waals surface area contributed by atoms with Crippen LogP contribution in [-0.4, -0.2) is 110 Å². The molecule has 21 nitrogen and oxygen atoms in total. The van der Waals surface area contributed by atoms with Crippen molar-refractivity contribution in [3.05, 3.63) is 0 Å². The maximum absolute atomic E-state index is 11.8. The number of esters is 6. The van der Waals surface area contributed by atoms with Crippen LogP contribution in [0.1, 0.15) is 226 Å². The lowest BCUT2D eigenvalue weighted by atomic mass is 9.86. The summed E-state index contributed by atoms with van der Waals surface area (Å²) in [6.07, 6.45) is 11.3. The van der Waals surface area contributed by atoms with E-state index in [1.807, 2.05) is 69.9 Å². The summed E-state index contributed by atoms with van der Waals surface area (Å²) in [5, 5.41) is 8.46. The van der Waals surface area contributed by atoms with Crippen LogP contribution in [0.5, 0.6) is 0 Å². The Balaban J connectivity index is -0.000000318. The standard InChI is InChI=1S/C17H30O6.C16H28O5.C12H22O4.C11H21O6P3.CH4/c1-6-21-14(18)13(15(19)22-7-2)11-9-10-12-17(4,5)16(20)23-8-3;1-5-20-14(18)12-13(17)10-8-7-9-11-16(3,4)15(19)21-6-2;1-4-16-11(15)12(2,3)9-7-5-6-8-10(13)14;1-11(2,10(14)17-20)6-4-3-5-7(8(12)15-18)9(13)16-19;/h13H,6-12H2,1-5H3;5-12H2,1-4H3;4-9H2,1-3H3,(H,13,14);7H,3-6,18-20H2,1-2H3;1H4. The largest absolute Gasteiger partial charge is 0.481 e. The zero-order valence-electron chi connectivity index (χ0n) is 50.7. The molecular formula is C57H105O21P3. The molecule has 0 heterocycles. The molecule has 0 aromatic carbocycles. The lowest BCUT2D eigenvalue weighted by Gasteiger charge is -2.22. The van der Waals surface area contributed by atoms with Gasteiger partial charge in [-0.1, -0.05) is 58.8 Å². The minimum atomic E-state index is -0.943. The molecule has 0 radical (unpaired) electrons. The van der Waals surface area contributed by atoms with E-state index in [0.717, 1.165) is 44.9 Å². The van der Waals surface area contributed by atoms with Crippen LogP contribution >= 0.6 is 28.4 Å². The number of carboxylic acid groups (broad SMARTS) is 1. The van der Waals surface area contributed by atoms with E-state index in [2.05, 4.69) is 13.6 Å². The van der Waals surface area contributed by atoms with E-state index in [9.17, 15) is 52.7 Å². The molecule has 0 aromatic rings. The van der Waals surface area contributed by atoms with Crippen molar-refractivity contribution in [2.75, 3.05) is 39.6 Å². The average Bonchev–Trinajstić information content (AvgIpc) is 3.38. The second kappa shape index (κ2) is 49.1. The highest BCUT2D eigenvalue weighted by Gasteiger charge is 2.34. The number of carboxylic acids is 1. The van der Waals surface area contributed by atoms with E-state index in [0.29, 0.717) is 90.6 Å². The van der Waals surface area contributed by atoms with Crippen molar-refractivity contribution < 1.29 is 99.8 Å². The molecule has 0 aromatic heterocycles. The second-order valence-electron chi connectivity index (χ2n) is 21.1. The molecule has 0 aliphatic carbocycles. The molecule has 0 bridgehead atoms. The van der Waals surface area contributed by atoms with Crippen LogP contribution in [0.25, 0.3) is 0 Å². The minimum absolute atomic E-state index is 0. The number of ketones is 1. The number of unbranched alkanes of at least 4 members (excludes halogenated alkanes) is 6. The number of aliphatic carboxylic acids is 1. The first-order valence-corrected chi connectivity index (χ1v) is 29.2. The van der Waals surface area contributed by atoms with Crippen molar-refractivity contribution in [3.63, 3.8) is 0 Å². The van der Waals surface area contributed by atoms with Crippen molar-refractivity contribution in [2.45, 2.75) is 226 Å². The van der Waals surface area contributed by atoms with Crippen molar-refractivity contribution in [2.24, 2.45) is 33.5 Å². The third kappa shape index (κ3) is 43.0. The zero-order valence-corrected chi connectivity index (χ0v) is 54.1. The molecule has 0 fully saturated rings. The second-order valence-corrected chi connectivity index (χ2v) is 21.8. The fourth-order valence-electron chi connectivity index (χ4n) is 7.24. The molecule has 1 N–H and O–H groups in total. The molecule has 0 rings (SSSR count). The Morgan fingerprint density at radius 1 is 0.370 bits per heavy atom. The first-order chi connectivity index (χ1) is 37.3.